The number of nitrogens with one attached hydrogen (secondary N) is 1. The maximum absolute atomic E-state index is 15.0. The van der Waals surface area contributed by atoms with E-state index in [4.69, 9.17) is 62.6 Å². The number of allylic oxidation sites excluding steroid dienone is 6. The lowest BCUT2D eigenvalue weighted by molar-refractivity contribution is -0.264. The second-order valence-corrected chi connectivity index (χ2v) is 36.3. The lowest BCUT2D eigenvalue weighted by Crippen LogP contribution is -2.61. The molecule has 0 unspecified atom stereocenters. The van der Waals surface area contributed by atoms with Crippen LogP contribution in [0, 0.1) is 29.6 Å². The van der Waals surface area contributed by atoms with Gasteiger partial charge >= 0.3 is 23.9 Å². The van der Waals surface area contributed by atoms with Gasteiger partial charge in [0.1, 0.15) is 30.1 Å². The second-order valence-electron chi connectivity index (χ2n) is 36.3. The van der Waals surface area contributed by atoms with Gasteiger partial charge in [0.05, 0.1) is 171 Å². The van der Waals surface area contributed by atoms with Gasteiger partial charge in [-0.25, -0.2) is 24.0 Å². The number of piperidine rings is 1. The first-order valence-electron chi connectivity index (χ1n) is 47.7. The molecule has 6 N–H and O–H groups in total. The molecular weight excluding hydrogens is 1780 g/mol. The number of halogens is 3. The van der Waals surface area contributed by atoms with Gasteiger partial charge in [-0.2, -0.15) is 13.2 Å². The van der Waals surface area contributed by atoms with Crippen LogP contribution in [0.5, 0.6) is 5.88 Å². The Kier molecular flexibility index (Phi) is 41.0. The number of hydrogen-bond donors (Lipinski definition) is 5. The molecule has 2 aromatic carbocycles. The zero-order valence-corrected chi connectivity index (χ0v) is 80.3. The van der Waals surface area contributed by atoms with Crippen molar-refractivity contribution in [2.24, 2.45) is 42.4 Å². The summed E-state index contributed by atoms with van der Waals surface area (Å²) in [6.45, 7) is 15.8. The molecule has 3 amide bonds. The van der Waals surface area contributed by atoms with E-state index >= 15 is 13.2 Å². The predicted octanol–water partition coefficient (Wildman–Crippen LogP) is 9.68. The van der Waals surface area contributed by atoms with Crippen LogP contribution in [0.25, 0.3) is 38.8 Å². The number of aliphatic hydroxyl groups excluding tert-OH is 2. The minimum atomic E-state index is -4.77. The van der Waals surface area contributed by atoms with E-state index < -0.39 is 119 Å². The summed E-state index contributed by atoms with van der Waals surface area (Å²) in [4.78, 5) is 125. The summed E-state index contributed by atoms with van der Waals surface area (Å²) in [7, 11) is 5.92. The zero-order chi connectivity index (χ0) is 98.5. The summed E-state index contributed by atoms with van der Waals surface area (Å²) in [5, 5.41) is 46.8. The summed E-state index contributed by atoms with van der Waals surface area (Å²) in [6.07, 6.45) is 10.2. The van der Waals surface area contributed by atoms with Crippen LogP contribution in [-0.2, 0) is 107 Å². The Bertz CT molecular complexity index is 5170. The van der Waals surface area contributed by atoms with E-state index in [9.17, 15) is 53.7 Å². The van der Waals surface area contributed by atoms with Crippen LogP contribution < -0.4 is 26.4 Å². The maximum atomic E-state index is 15.0. The van der Waals surface area contributed by atoms with E-state index in [1.165, 1.54) is 54.7 Å². The van der Waals surface area contributed by atoms with E-state index in [-0.39, 0.29) is 132 Å². The summed E-state index contributed by atoms with van der Waals surface area (Å²) >= 11 is 0. The third-order valence-electron chi connectivity index (χ3n) is 26.4. The average molecular weight is 1920 g/mol. The lowest BCUT2D eigenvalue weighted by atomic mass is 9.80. The number of fused-ring (bicyclic) bond motifs is 6. The first kappa shape index (κ1) is 107. The second kappa shape index (κ2) is 52.3. The number of alkyl halides is 3. The first-order valence-corrected chi connectivity index (χ1v) is 47.7. The van der Waals surface area contributed by atoms with E-state index in [0.717, 1.165) is 40.6 Å². The maximum Gasteiger partial charge on any atom is 0.418 e. The van der Waals surface area contributed by atoms with Crippen molar-refractivity contribution in [3.05, 3.63) is 136 Å². The Labute approximate surface area is 797 Å². The Morgan fingerprint density at radius 3 is 2.08 bits per heavy atom. The van der Waals surface area contributed by atoms with Gasteiger partial charge in [0.25, 0.3) is 11.7 Å². The molecule has 1 saturated carbocycles. The van der Waals surface area contributed by atoms with Crippen molar-refractivity contribution in [1.29, 1.82) is 0 Å². The molecule has 4 fully saturated rings. The molecule has 4 aliphatic heterocycles. The Balaban J connectivity index is 0.537. The lowest BCUT2D eigenvalue weighted by Gasteiger charge is -2.43. The molecule has 5 aliphatic rings. The number of anilines is 1. The van der Waals surface area contributed by atoms with E-state index in [0.29, 0.717) is 164 Å². The summed E-state index contributed by atoms with van der Waals surface area (Å²) in [6, 6.07) is 10.0. The van der Waals surface area contributed by atoms with Gasteiger partial charge in [0, 0.05) is 119 Å². The van der Waals surface area contributed by atoms with Gasteiger partial charge in [0.15, 0.2) is 5.78 Å². The number of nitrogens with two attached hydrogens (primary N) is 1. The number of Topliss-reactive ketones (excluding diaryl/α,β-unsaturated/α-hetero) is 3. The quantitative estimate of drug-likeness (QED) is 0.0106. The molecule has 4 aromatic heterocycles. The largest absolute Gasteiger partial charge is 0.481 e. The van der Waals surface area contributed by atoms with E-state index in [1.54, 1.807) is 99.0 Å². The highest BCUT2D eigenvalue weighted by Gasteiger charge is 2.54. The van der Waals surface area contributed by atoms with E-state index in [1.807, 2.05) is 37.4 Å². The van der Waals surface area contributed by atoms with E-state index in [2.05, 4.69) is 25.6 Å². The summed E-state index contributed by atoms with van der Waals surface area (Å²) < 4.78 is 119. The number of nitrogens with zero attached hydrogens (tertiary/aromatic N) is 10. The molecule has 752 valence electrons. The molecular formula is C99H137F3N12O23. The number of piperazine rings is 1. The highest BCUT2D eigenvalue weighted by atomic mass is 19.4. The van der Waals surface area contributed by atoms with Crippen molar-refractivity contribution in [2.75, 3.05) is 145 Å². The number of unbranched alkanes of at least 4 members (excludes halogenated alkanes) is 1. The summed E-state index contributed by atoms with van der Waals surface area (Å²) in [5.41, 5.74) is 10.2. The van der Waals surface area contributed by atoms with Gasteiger partial charge in [-0.1, -0.05) is 81.0 Å². The minimum Gasteiger partial charge on any atom is -0.481 e. The van der Waals surface area contributed by atoms with Crippen LogP contribution in [0.3, 0.4) is 0 Å². The number of methoxy groups -OCH3 is 3. The first-order chi connectivity index (χ1) is 65.8. The van der Waals surface area contributed by atoms with Crippen molar-refractivity contribution in [2.45, 2.75) is 218 Å². The molecule has 6 aromatic rings. The molecule has 8 heterocycles. The van der Waals surface area contributed by atoms with Crippen LogP contribution in [-0.4, -0.2) is 301 Å². The Morgan fingerprint density at radius 1 is 0.715 bits per heavy atom. The normalized spacial score (nSPS) is 25.6. The highest BCUT2D eigenvalue weighted by molar-refractivity contribution is 6.39. The number of aromatic nitrogens is 7. The number of rotatable bonds is 36. The van der Waals surface area contributed by atoms with Gasteiger partial charge < -0.3 is 97.9 Å². The summed E-state index contributed by atoms with van der Waals surface area (Å²) in [5.74, 6) is -9.24. The fourth-order valence-corrected chi connectivity index (χ4v) is 18.3. The number of ether oxygens (including phenoxy) is 12. The topological polar surface area (TPSA) is 422 Å². The molecule has 137 heavy (non-hydrogen) atoms. The van der Waals surface area contributed by atoms with Crippen molar-refractivity contribution in [1.82, 2.24) is 49.2 Å². The number of pyridine rings is 2. The Hall–Kier alpha value is -10.1. The SMILES string of the molecule is COC(=O)N[C@H]1C[C@@H]2CC[C@@H](C)[C@@](O)(O2)C(=O)C(=O)N2CCCC[C@H]2C(=O)O[C@H]([C@H](N)C[C@@H]2CC[C@@H](OCCCCc3cn(CCOCCOCCOCCOCCOCCOCCC(=O)N4CCN(c5ccc(-n6c(=O)n(C)c7cnc8ccc(-c9ccc(OC)nc9)cc8c76)cc5C(F)(F)F)CC4)nn3)[C@H](OC)C2)CC(=O)[C@H](C)/C=C(\C)[C@@H](O)[C@@H](O)C(=O)[C@H](C)C[C@H](C)/C=C/C=CC=C1C. The van der Waals surface area contributed by atoms with Crippen LogP contribution in [0.15, 0.2) is 120 Å². The fourth-order valence-electron chi connectivity index (χ4n) is 18.3. The molecule has 3 saturated heterocycles. The number of esters is 1. The third kappa shape index (κ3) is 29.8. The number of aryl methyl sites for hydroxylation is 2. The van der Waals surface area contributed by atoms with Crippen molar-refractivity contribution < 1.29 is 119 Å². The molecule has 0 radical (unpaired) electrons. The number of aliphatic hydroxyl groups is 3. The molecule has 15 atom stereocenters. The number of benzene rings is 2. The number of amides is 3. The number of carbonyl (C=O) groups excluding carboxylic acids is 7. The number of carbonyl (C=O) groups is 7. The van der Waals surface area contributed by atoms with Crippen LogP contribution >= 0.6 is 0 Å². The van der Waals surface area contributed by atoms with Gasteiger partial charge in [-0.05, 0) is 163 Å². The van der Waals surface area contributed by atoms with Gasteiger partial charge in [0.2, 0.25) is 17.6 Å². The molecule has 11 rings (SSSR count). The smallest absolute Gasteiger partial charge is 0.418 e. The molecule has 1 aliphatic carbocycles. The van der Waals surface area contributed by atoms with Crippen LogP contribution in [0.4, 0.5) is 23.7 Å². The highest BCUT2D eigenvalue weighted by Crippen LogP contribution is 2.42. The van der Waals surface area contributed by atoms with Crippen molar-refractivity contribution in [3.8, 4) is 22.7 Å². The monoisotopic (exact) mass is 1920 g/mol. The standard InChI is InChI=1S/C99H137F3N12O23/c1-63-18-12-11-13-19-64(2)79(106-96(123)128-10)58-74-27-22-68(6)98(125,137-74)93(120)94(121)113-33-16-14-21-81(113)95(122)136-85(59-83(115)65(3)53-67(5)91(118)92(119)90(117)66(4)52-63)77(103)54-69-23-30-84(86(55-69)126-8)135-39-17-15-20-72-62-112(108-107-72)38-41-130-43-45-132-47-49-134-51-50-133-48-46-131-44-42-129-40-32-88(116)111-36-34-110(35-37-111)80-29-26-73(57-76(80)99(100,101)102)114-89-75-56-70(71-25-31-87(127-9)105-60-71)24-28-78(75)104-61-82(89)109(7)97(114)124/h11-13,18-19,24-26,28-29,31,53,56-57,60-63,65-66,68-69,74,77,79,81,84-86,91-92,118-119,125H,14-17,20-23,27,30,32-52,54-55,58-59,103H2,1-10H3,(H,106,123)/b13-11?,18-12+,64-19?,67-53+/t63-,65-,66-,68-,69+,74+,77-,79+,81+,84-,85+,86-,91-,92+,98-/m1/s1. The van der Waals surface area contributed by atoms with Gasteiger partial charge in [-0.15, -0.1) is 5.10 Å². The number of cyclic esters (lactones) is 1. The molecule has 2 bridgehead atoms. The van der Waals surface area contributed by atoms with Crippen molar-refractivity contribution >= 4 is 68.9 Å². The van der Waals surface area contributed by atoms with Crippen LogP contribution in [0.1, 0.15) is 149 Å². The minimum absolute atomic E-state index is 0.0250. The van der Waals surface area contributed by atoms with Crippen LogP contribution in [0.2, 0.25) is 0 Å². The fraction of sp³-hybridized carbons (Fsp3) is 0.616. The van der Waals surface area contributed by atoms with Crippen molar-refractivity contribution in [3.63, 3.8) is 0 Å². The zero-order valence-electron chi connectivity index (χ0n) is 80.3. The average Bonchev–Trinajstić information content (AvgIpc) is 1.58. The number of hydrogen-bond acceptors (Lipinski definition) is 29. The molecule has 38 heteroatoms. The molecule has 35 nitrogen and oxygen atoms in total. The number of alkyl carbamates (subject to hydrolysis) is 1. The predicted molar refractivity (Wildman–Crippen MR) is 501 cm³/mol. The number of ketones is 3. The van der Waals surface area contributed by atoms with Gasteiger partial charge in [-0.3, -0.25) is 38.1 Å². The number of imidazole rings is 1. The third-order valence-corrected chi connectivity index (χ3v) is 26.4. The Morgan fingerprint density at radius 2 is 1.41 bits per heavy atom. The molecule has 0 spiro atoms.